The number of rotatable bonds is 5. The van der Waals surface area contributed by atoms with Gasteiger partial charge in [-0.05, 0) is 49.4 Å². The van der Waals surface area contributed by atoms with Crippen molar-refractivity contribution in [1.82, 2.24) is 4.90 Å². The van der Waals surface area contributed by atoms with E-state index in [-0.39, 0.29) is 11.9 Å². The molecule has 0 radical (unpaired) electrons. The van der Waals surface area contributed by atoms with E-state index in [0.29, 0.717) is 23.7 Å². The molecule has 3 heteroatoms. The van der Waals surface area contributed by atoms with Gasteiger partial charge >= 0.3 is 0 Å². The summed E-state index contributed by atoms with van der Waals surface area (Å²) in [6.07, 6.45) is 2.44. The Morgan fingerprint density at radius 1 is 1.18 bits per heavy atom. The Hall–Kier alpha value is -2.29. The summed E-state index contributed by atoms with van der Waals surface area (Å²) in [5.74, 6) is 0.698. The predicted molar refractivity (Wildman–Crippen MR) is 89.4 cm³/mol. The minimum Gasteiger partial charge on any atom is -0.399 e. The van der Waals surface area contributed by atoms with Crippen molar-refractivity contribution in [1.29, 1.82) is 0 Å². The number of amides is 1. The molecule has 0 aliphatic heterocycles. The van der Waals surface area contributed by atoms with E-state index in [4.69, 9.17) is 5.73 Å². The molecule has 0 spiro atoms. The highest BCUT2D eigenvalue weighted by molar-refractivity contribution is 5.95. The van der Waals surface area contributed by atoms with Gasteiger partial charge in [0.1, 0.15) is 0 Å². The topological polar surface area (TPSA) is 46.3 Å². The summed E-state index contributed by atoms with van der Waals surface area (Å²) in [6.45, 7) is 2.80. The first-order valence-electron chi connectivity index (χ1n) is 7.85. The fourth-order valence-corrected chi connectivity index (χ4v) is 2.85. The molecule has 0 bridgehead atoms. The molecule has 0 saturated heterocycles. The molecular weight excluding hydrogens is 272 g/mol. The van der Waals surface area contributed by atoms with Gasteiger partial charge in [-0.25, -0.2) is 0 Å². The van der Waals surface area contributed by atoms with E-state index in [1.54, 1.807) is 6.07 Å². The molecule has 1 aliphatic carbocycles. The molecule has 3 nitrogen and oxygen atoms in total. The monoisotopic (exact) mass is 294 g/mol. The fraction of sp³-hybridized carbons (Fsp3) is 0.316. The standard InChI is InChI=1S/C19H22N2O/c1-14(16-10-11-16)21(13-15-6-3-2-4-7-15)19(22)17-8-5-9-18(20)12-17/h2-9,12,14,16H,10-11,13,20H2,1H3. The molecular formula is C19H22N2O. The van der Waals surface area contributed by atoms with E-state index in [1.165, 1.54) is 12.8 Å². The summed E-state index contributed by atoms with van der Waals surface area (Å²) in [4.78, 5) is 14.9. The van der Waals surface area contributed by atoms with Crippen LogP contribution in [0, 0.1) is 5.92 Å². The predicted octanol–water partition coefficient (Wildman–Crippen LogP) is 3.71. The molecule has 0 heterocycles. The van der Waals surface area contributed by atoms with Gasteiger partial charge in [0.2, 0.25) is 0 Å². The van der Waals surface area contributed by atoms with Crippen LogP contribution in [0.4, 0.5) is 5.69 Å². The maximum absolute atomic E-state index is 12.9. The second-order valence-corrected chi connectivity index (χ2v) is 6.12. The third-order valence-electron chi connectivity index (χ3n) is 4.39. The van der Waals surface area contributed by atoms with Crippen LogP contribution >= 0.6 is 0 Å². The first kappa shape index (κ1) is 14.6. The highest BCUT2D eigenvalue weighted by atomic mass is 16.2. The number of hydrogen-bond donors (Lipinski definition) is 1. The number of nitrogens with two attached hydrogens (primary N) is 1. The lowest BCUT2D eigenvalue weighted by Gasteiger charge is -2.30. The van der Waals surface area contributed by atoms with Crippen molar-refractivity contribution >= 4 is 11.6 Å². The second kappa shape index (κ2) is 6.22. The summed E-state index contributed by atoms with van der Waals surface area (Å²) >= 11 is 0. The maximum Gasteiger partial charge on any atom is 0.254 e. The number of nitrogens with zero attached hydrogens (tertiary/aromatic N) is 1. The lowest BCUT2D eigenvalue weighted by Crippen LogP contribution is -2.39. The van der Waals surface area contributed by atoms with E-state index >= 15 is 0 Å². The van der Waals surface area contributed by atoms with Crippen LogP contribution < -0.4 is 5.73 Å². The van der Waals surface area contributed by atoms with E-state index in [2.05, 4.69) is 19.1 Å². The van der Waals surface area contributed by atoms with Crippen LogP contribution in [0.2, 0.25) is 0 Å². The van der Waals surface area contributed by atoms with E-state index in [9.17, 15) is 4.79 Å². The third kappa shape index (κ3) is 3.30. The zero-order valence-corrected chi connectivity index (χ0v) is 12.9. The summed E-state index contributed by atoms with van der Waals surface area (Å²) in [5, 5.41) is 0. The Labute approximate surface area is 131 Å². The highest BCUT2D eigenvalue weighted by Gasteiger charge is 2.34. The Balaban J connectivity index is 1.85. The number of carbonyl (C=O) groups is 1. The Kier molecular flexibility index (Phi) is 4.14. The van der Waals surface area contributed by atoms with Crippen LogP contribution in [-0.4, -0.2) is 16.8 Å². The van der Waals surface area contributed by atoms with Crippen molar-refractivity contribution in [2.24, 2.45) is 5.92 Å². The Morgan fingerprint density at radius 2 is 1.91 bits per heavy atom. The molecule has 1 atom stereocenters. The minimum absolute atomic E-state index is 0.0653. The van der Waals surface area contributed by atoms with Gasteiger partial charge in [0.05, 0.1) is 0 Å². The zero-order chi connectivity index (χ0) is 15.5. The number of benzene rings is 2. The molecule has 0 aromatic heterocycles. The van der Waals surface area contributed by atoms with Crippen LogP contribution in [0.3, 0.4) is 0 Å². The number of nitrogen functional groups attached to an aromatic ring is 1. The molecule has 114 valence electrons. The van der Waals surface area contributed by atoms with Gasteiger partial charge in [0.15, 0.2) is 0 Å². The smallest absolute Gasteiger partial charge is 0.254 e. The van der Waals surface area contributed by atoms with Gasteiger partial charge in [0, 0.05) is 23.8 Å². The maximum atomic E-state index is 12.9. The normalized spacial score (nSPS) is 15.3. The van der Waals surface area contributed by atoms with E-state index in [0.717, 1.165) is 5.56 Å². The van der Waals surface area contributed by atoms with Gasteiger partial charge in [0.25, 0.3) is 5.91 Å². The summed E-state index contributed by atoms with van der Waals surface area (Å²) in [7, 11) is 0. The molecule has 1 unspecified atom stereocenters. The van der Waals surface area contributed by atoms with Crippen LogP contribution in [0.15, 0.2) is 54.6 Å². The van der Waals surface area contributed by atoms with Crippen LogP contribution in [0.5, 0.6) is 0 Å². The molecule has 1 amide bonds. The molecule has 1 aliphatic rings. The van der Waals surface area contributed by atoms with Crippen LogP contribution in [-0.2, 0) is 6.54 Å². The number of anilines is 1. The second-order valence-electron chi connectivity index (χ2n) is 6.12. The van der Waals surface area contributed by atoms with E-state index < -0.39 is 0 Å². The van der Waals surface area contributed by atoms with Crippen LogP contribution in [0.25, 0.3) is 0 Å². The first-order chi connectivity index (χ1) is 10.6. The zero-order valence-electron chi connectivity index (χ0n) is 12.9. The number of hydrogen-bond acceptors (Lipinski definition) is 2. The fourth-order valence-electron chi connectivity index (χ4n) is 2.85. The van der Waals surface area contributed by atoms with Gasteiger partial charge in [-0.1, -0.05) is 36.4 Å². The largest absolute Gasteiger partial charge is 0.399 e. The summed E-state index contributed by atoms with van der Waals surface area (Å²) < 4.78 is 0. The molecule has 3 rings (SSSR count). The lowest BCUT2D eigenvalue weighted by atomic mass is 10.1. The van der Waals surface area contributed by atoms with Crippen molar-refractivity contribution in [3.05, 3.63) is 65.7 Å². The Morgan fingerprint density at radius 3 is 2.55 bits per heavy atom. The average Bonchev–Trinajstić information content (AvgIpc) is 3.37. The van der Waals surface area contributed by atoms with Crippen molar-refractivity contribution in [2.75, 3.05) is 5.73 Å². The molecule has 2 N–H and O–H groups in total. The van der Waals surface area contributed by atoms with E-state index in [1.807, 2.05) is 41.3 Å². The quantitative estimate of drug-likeness (QED) is 0.854. The minimum atomic E-state index is 0.0653. The first-order valence-corrected chi connectivity index (χ1v) is 7.85. The number of carbonyl (C=O) groups excluding carboxylic acids is 1. The molecule has 22 heavy (non-hydrogen) atoms. The molecule has 1 saturated carbocycles. The SMILES string of the molecule is CC(C1CC1)N(Cc1ccccc1)C(=O)c1cccc(N)c1. The van der Waals surface area contributed by atoms with Gasteiger partial charge in [-0.2, -0.15) is 0 Å². The molecule has 2 aromatic rings. The summed E-state index contributed by atoms with van der Waals surface area (Å²) in [5.41, 5.74) is 8.29. The average molecular weight is 294 g/mol. The van der Waals surface area contributed by atoms with Gasteiger partial charge < -0.3 is 10.6 Å². The lowest BCUT2D eigenvalue weighted by molar-refractivity contribution is 0.0654. The van der Waals surface area contributed by atoms with Crippen molar-refractivity contribution < 1.29 is 4.79 Å². The van der Waals surface area contributed by atoms with Crippen molar-refractivity contribution in [3.8, 4) is 0 Å². The van der Waals surface area contributed by atoms with Crippen LogP contribution in [0.1, 0.15) is 35.7 Å². The molecule has 1 fully saturated rings. The van der Waals surface area contributed by atoms with Crippen molar-refractivity contribution in [2.45, 2.75) is 32.4 Å². The van der Waals surface area contributed by atoms with Gasteiger partial charge in [-0.15, -0.1) is 0 Å². The third-order valence-corrected chi connectivity index (χ3v) is 4.39. The highest BCUT2D eigenvalue weighted by Crippen LogP contribution is 2.36. The van der Waals surface area contributed by atoms with Gasteiger partial charge in [-0.3, -0.25) is 4.79 Å². The molecule has 2 aromatic carbocycles. The van der Waals surface area contributed by atoms with Crippen molar-refractivity contribution in [3.63, 3.8) is 0 Å². The Bertz CT molecular complexity index is 649. The summed E-state index contributed by atoms with van der Waals surface area (Å²) in [6, 6.07) is 17.7.